The van der Waals surface area contributed by atoms with E-state index in [0.717, 1.165) is 6.42 Å². The largest absolute Gasteiger partial charge is 0.251 e. The summed E-state index contributed by atoms with van der Waals surface area (Å²) in [6.45, 7) is 3.22. The number of rotatable bonds is 2. The summed E-state index contributed by atoms with van der Waals surface area (Å²) < 4.78 is 11.0. The van der Waals surface area contributed by atoms with Crippen molar-refractivity contribution in [3.05, 3.63) is 6.92 Å². The molecule has 0 atom stereocenters. The Kier molecular flexibility index (Phi) is 3.87. The molecule has 0 N–H and O–H groups in total. The highest BCUT2D eigenvalue weighted by Gasteiger charge is 1.71. The van der Waals surface area contributed by atoms with Crippen molar-refractivity contribution in [3.63, 3.8) is 0 Å². The van der Waals surface area contributed by atoms with E-state index in [0.29, 0.717) is 6.42 Å². The van der Waals surface area contributed by atoms with Crippen LogP contribution in [0, 0.1) is 6.92 Å². The molecule has 0 unspecified atom stereocenters. The van der Waals surface area contributed by atoms with E-state index < -0.39 is 0 Å². The Bertz CT molecular complexity index is 11.1. The summed E-state index contributed by atoms with van der Waals surface area (Å²) in [5.74, 6) is 0. The Morgan fingerprint density at radius 1 is 1.60 bits per heavy atom. The third-order valence-electron chi connectivity index (χ3n) is 0.384. The van der Waals surface area contributed by atoms with Crippen LogP contribution in [0.15, 0.2) is 0 Å². The second-order valence-corrected chi connectivity index (χ2v) is 0.896. The Balaban J connectivity index is 2.19. The van der Waals surface area contributed by atoms with E-state index in [1.165, 1.54) is 0 Å². The van der Waals surface area contributed by atoms with Crippen molar-refractivity contribution in [1.82, 2.24) is 0 Å². The molecule has 0 fully saturated rings. The van der Waals surface area contributed by atoms with Crippen LogP contribution in [0.5, 0.6) is 0 Å². The Labute approximate surface area is 32.0 Å². The summed E-state index contributed by atoms with van der Waals surface area (Å²) in [7, 11) is 0. The smallest absolute Gasteiger partial charge is 0.0894 e. The standard InChI is InChI=1S/C4H8F/c1-2-3-4-5/h1-4H2. The maximum Gasteiger partial charge on any atom is 0.0894 e. The molecule has 0 saturated heterocycles. The SMILES string of the molecule is [CH2]CCCF. The molecule has 1 heteroatoms. The lowest BCUT2D eigenvalue weighted by atomic mass is 10.4. The van der Waals surface area contributed by atoms with Crippen molar-refractivity contribution < 1.29 is 4.39 Å². The lowest BCUT2D eigenvalue weighted by Gasteiger charge is -1.76. The van der Waals surface area contributed by atoms with Crippen molar-refractivity contribution >= 4 is 0 Å². The molecule has 0 bridgehead atoms. The van der Waals surface area contributed by atoms with Crippen LogP contribution in [0.1, 0.15) is 12.8 Å². The summed E-state index contributed by atoms with van der Waals surface area (Å²) in [5, 5.41) is 0. The van der Waals surface area contributed by atoms with Gasteiger partial charge in [-0.2, -0.15) is 0 Å². The van der Waals surface area contributed by atoms with Crippen LogP contribution in [-0.4, -0.2) is 6.67 Å². The Hall–Kier alpha value is -0.0700. The predicted molar refractivity (Wildman–Crippen MR) is 20.6 cm³/mol. The third-order valence-corrected chi connectivity index (χ3v) is 0.384. The normalized spacial score (nSPS) is 8.40. The van der Waals surface area contributed by atoms with E-state index >= 15 is 0 Å². The fourth-order valence-electron chi connectivity index (χ4n) is 0.0945. The second kappa shape index (κ2) is 3.93. The topological polar surface area (TPSA) is 0 Å². The Morgan fingerprint density at radius 3 is 2.20 bits per heavy atom. The number of unbranched alkanes of at least 4 members (excludes halogenated alkanes) is 1. The van der Waals surface area contributed by atoms with Gasteiger partial charge >= 0.3 is 0 Å². The fraction of sp³-hybridized carbons (Fsp3) is 0.750. The molecular formula is C4H8F. The van der Waals surface area contributed by atoms with Gasteiger partial charge in [-0.1, -0.05) is 13.3 Å². The van der Waals surface area contributed by atoms with Gasteiger partial charge in [-0.15, -0.1) is 0 Å². The number of hydrogen-bond donors (Lipinski definition) is 0. The van der Waals surface area contributed by atoms with Gasteiger partial charge in [-0.25, -0.2) is 0 Å². The monoisotopic (exact) mass is 75.1 g/mol. The molecule has 5 heavy (non-hydrogen) atoms. The van der Waals surface area contributed by atoms with Crippen molar-refractivity contribution in [2.75, 3.05) is 6.67 Å². The lowest BCUT2D eigenvalue weighted by molar-refractivity contribution is 0.475. The molecule has 0 aromatic rings. The molecule has 1 radical (unpaired) electrons. The summed E-state index contributed by atoms with van der Waals surface area (Å²) in [6.07, 6.45) is 1.33. The molecule has 0 aliphatic rings. The summed E-state index contributed by atoms with van der Waals surface area (Å²) >= 11 is 0. The summed E-state index contributed by atoms with van der Waals surface area (Å²) in [4.78, 5) is 0. The molecule has 0 aromatic carbocycles. The van der Waals surface area contributed by atoms with E-state index in [1.807, 2.05) is 0 Å². The van der Waals surface area contributed by atoms with Gasteiger partial charge in [0.2, 0.25) is 0 Å². The van der Waals surface area contributed by atoms with E-state index in [4.69, 9.17) is 0 Å². The van der Waals surface area contributed by atoms with Crippen LogP contribution in [-0.2, 0) is 0 Å². The second-order valence-electron chi connectivity index (χ2n) is 0.896. The molecule has 0 spiro atoms. The minimum Gasteiger partial charge on any atom is -0.251 e. The van der Waals surface area contributed by atoms with E-state index in [9.17, 15) is 4.39 Å². The molecule has 0 nitrogen and oxygen atoms in total. The molecule has 0 aliphatic heterocycles. The quantitative estimate of drug-likeness (QED) is 0.467. The average molecular weight is 75.1 g/mol. The molecule has 0 saturated carbocycles. The number of hydrogen-bond acceptors (Lipinski definition) is 0. The van der Waals surface area contributed by atoms with Gasteiger partial charge in [-0.3, -0.25) is 4.39 Å². The highest BCUT2D eigenvalue weighted by molar-refractivity contribution is 4.35. The van der Waals surface area contributed by atoms with Crippen molar-refractivity contribution in [2.45, 2.75) is 12.8 Å². The molecule has 0 aromatic heterocycles. The average Bonchev–Trinajstić information content (AvgIpc) is 1.41. The van der Waals surface area contributed by atoms with Crippen LogP contribution < -0.4 is 0 Å². The Morgan fingerprint density at radius 2 is 2.20 bits per heavy atom. The van der Waals surface area contributed by atoms with E-state index in [-0.39, 0.29) is 6.67 Å². The summed E-state index contributed by atoms with van der Waals surface area (Å²) in [5.41, 5.74) is 0. The van der Waals surface area contributed by atoms with Gasteiger partial charge in [0.1, 0.15) is 0 Å². The van der Waals surface area contributed by atoms with Crippen LogP contribution in [0.3, 0.4) is 0 Å². The first-order chi connectivity index (χ1) is 2.41. The van der Waals surface area contributed by atoms with Gasteiger partial charge in [0.05, 0.1) is 6.67 Å². The molecule has 0 amide bonds. The van der Waals surface area contributed by atoms with Gasteiger partial charge in [-0.05, 0) is 6.42 Å². The highest BCUT2D eigenvalue weighted by atomic mass is 19.1. The van der Waals surface area contributed by atoms with Crippen molar-refractivity contribution in [3.8, 4) is 0 Å². The first-order valence-corrected chi connectivity index (χ1v) is 1.77. The predicted octanol–water partition coefficient (Wildman–Crippen LogP) is 1.57. The maximum absolute atomic E-state index is 11.0. The molecular weight excluding hydrogens is 67.0 g/mol. The molecule has 0 heterocycles. The van der Waals surface area contributed by atoms with Gasteiger partial charge < -0.3 is 0 Å². The van der Waals surface area contributed by atoms with Crippen molar-refractivity contribution in [2.24, 2.45) is 0 Å². The third kappa shape index (κ3) is 3.93. The zero-order chi connectivity index (χ0) is 4.12. The molecule has 31 valence electrons. The van der Waals surface area contributed by atoms with Gasteiger partial charge in [0.15, 0.2) is 0 Å². The van der Waals surface area contributed by atoms with E-state index in [1.54, 1.807) is 0 Å². The van der Waals surface area contributed by atoms with Crippen molar-refractivity contribution in [1.29, 1.82) is 0 Å². The fourth-order valence-corrected chi connectivity index (χ4v) is 0.0945. The lowest BCUT2D eigenvalue weighted by Crippen LogP contribution is -1.67. The molecule has 0 aliphatic carbocycles. The van der Waals surface area contributed by atoms with Crippen LogP contribution in [0.2, 0.25) is 0 Å². The van der Waals surface area contributed by atoms with E-state index in [2.05, 4.69) is 6.92 Å². The number of halogens is 1. The molecule has 0 rings (SSSR count). The number of alkyl halides is 1. The first-order valence-electron chi connectivity index (χ1n) is 1.77. The minimum atomic E-state index is -0.219. The minimum absolute atomic E-state index is 0.219. The highest BCUT2D eigenvalue weighted by Crippen LogP contribution is 1.82. The van der Waals surface area contributed by atoms with Crippen LogP contribution >= 0.6 is 0 Å². The maximum atomic E-state index is 11.0. The van der Waals surface area contributed by atoms with Crippen LogP contribution in [0.4, 0.5) is 4.39 Å². The van der Waals surface area contributed by atoms with Crippen LogP contribution in [0.25, 0.3) is 0 Å². The zero-order valence-electron chi connectivity index (χ0n) is 3.21. The zero-order valence-corrected chi connectivity index (χ0v) is 3.21. The summed E-state index contributed by atoms with van der Waals surface area (Å²) in [6, 6.07) is 0. The first kappa shape index (κ1) is 4.93. The van der Waals surface area contributed by atoms with Gasteiger partial charge in [0.25, 0.3) is 0 Å². The van der Waals surface area contributed by atoms with Gasteiger partial charge in [0, 0.05) is 0 Å².